The van der Waals surface area contributed by atoms with Crippen molar-refractivity contribution in [1.29, 1.82) is 0 Å². The zero-order valence-electron chi connectivity index (χ0n) is 14.8. The van der Waals surface area contributed by atoms with E-state index in [4.69, 9.17) is 4.74 Å². The van der Waals surface area contributed by atoms with Crippen molar-refractivity contribution in [3.8, 4) is 0 Å². The molecule has 0 atom stereocenters. The summed E-state index contributed by atoms with van der Waals surface area (Å²) in [6, 6.07) is 7.86. The molecule has 2 heterocycles. The standard InChI is InChI=1S/C19H19F3N2O3S/c20-19(21,22)13-3-5-14(6-4-13)24-17(26)16(25)23-12-18(7-9-27-10-8-18)15-2-1-11-28-15/h1-6,11H,7-10,12H2,(H,23,25)(H,24,26). The zero-order chi connectivity index (χ0) is 20.2. The monoisotopic (exact) mass is 412 g/mol. The van der Waals surface area contributed by atoms with E-state index in [1.807, 2.05) is 17.5 Å². The lowest BCUT2D eigenvalue weighted by Gasteiger charge is -2.36. The average Bonchev–Trinajstić information content (AvgIpc) is 3.22. The number of anilines is 1. The van der Waals surface area contributed by atoms with Gasteiger partial charge in [-0.3, -0.25) is 9.59 Å². The van der Waals surface area contributed by atoms with Crippen LogP contribution >= 0.6 is 11.3 Å². The maximum Gasteiger partial charge on any atom is 0.416 e. The number of carbonyl (C=O) groups excluding carboxylic acids is 2. The molecule has 0 saturated carbocycles. The second-order valence-corrected chi connectivity index (χ2v) is 7.53. The van der Waals surface area contributed by atoms with E-state index in [-0.39, 0.29) is 17.6 Å². The number of hydrogen-bond donors (Lipinski definition) is 2. The van der Waals surface area contributed by atoms with Gasteiger partial charge in [-0.2, -0.15) is 13.2 Å². The van der Waals surface area contributed by atoms with Gasteiger partial charge in [-0.15, -0.1) is 11.3 Å². The Kier molecular flexibility index (Phi) is 6.04. The van der Waals surface area contributed by atoms with Crippen LogP contribution in [0.5, 0.6) is 0 Å². The highest BCUT2D eigenvalue weighted by Gasteiger charge is 2.36. The molecule has 3 rings (SSSR count). The first kappa shape index (κ1) is 20.3. The first-order valence-corrected chi connectivity index (χ1v) is 9.56. The molecule has 0 radical (unpaired) electrons. The van der Waals surface area contributed by atoms with Crippen molar-refractivity contribution in [3.05, 3.63) is 52.2 Å². The summed E-state index contributed by atoms with van der Waals surface area (Å²) in [6.45, 7) is 1.44. The first-order chi connectivity index (χ1) is 13.3. The molecule has 9 heteroatoms. The quantitative estimate of drug-likeness (QED) is 0.755. The second kappa shape index (κ2) is 8.32. The molecule has 2 amide bonds. The predicted octanol–water partition coefficient (Wildman–Crippen LogP) is 3.57. The van der Waals surface area contributed by atoms with E-state index in [9.17, 15) is 22.8 Å². The molecule has 1 aliphatic rings. The summed E-state index contributed by atoms with van der Waals surface area (Å²) in [5.41, 5.74) is -0.990. The van der Waals surface area contributed by atoms with Crippen molar-refractivity contribution in [2.45, 2.75) is 24.4 Å². The zero-order valence-corrected chi connectivity index (χ0v) is 15.7. The third-order valence-electron chi connectivity index (χ3n) is 4.76. The third-order valence-corrected chi connectivity index (χ3v) is 5.87. The molecular weight excluding hydrogens is 393 g/mol. The van der Waals surface area contributed by atoms with Crippen LogP contribution in [0.25, 0.3) is 0 Å². The number of thiophene rings is 1. The van der Waals surface area contributed by atoms with E-state index in [1.54, 1.807) is 11.3 Å². The minimum absolute atomic E-state index is 0.118. The van der Waals surface area contributed by atoms with Gasteiger partial charge in [-0.1, -0.05) is 6.07 Å². The van der Waals surface area contributed by atoms with E-state index in [1.165, 1.54) is 0 Å². The number of hydrogen-bond acceptors (Lipinski definition) is 4. The Bertz CT molecular complexity index is 814. The number of nitrogens with one attached hydrogen (secondary N) is 2. The molecule has 1 fully saturated rings. The van der Waals surface area contributed by atoms with Crippen LogP contribution in [0.3, 0.4) is 0 Å². The number of amides is 2. The van der Waals surface area contributed by atoms with E-state index in [2.05, 4.69) is 10.6 Å². The summed E-state index contributed by atoms with van der Waals surface area (Å²) >= 11 is 1.59. The summed E-state index contributed by atoms with van der Waals surface area (Å²) in [5, 5.41) is 6.94. The largest absolute Gasteiger partial charge is 0.416 e. The lowest BCUT2D eigenvalue weighted by Crippen LogP contribution is -2.46. The molecule has 1 saturated heterocycles. The van der Waals surface area contributed by atoms with Gasteiger partial charge < -0.3 is 15.4 Å². The molecule has 2 aromatic rings. The van der Waals surface area contributed by atoms with Gasteiger partial charge in [0, 0.05) is 35.7 Å². The van der Waals surface area contributed by atoms with Crippen molar-refractivity contribution >= 4 is 28.8 Å². The molecule has 0 unspecified atom stereocenters. The van der Waals surface area contributed by atoms with Crippen molar-refractivity contribution < 1.29 is 27.5 Å². The molecular formula is C19H19F3N2O3S. The molecule has 2 N–H and O–H groups in total. The Morgan fingerprint density at radius 3 is 2.32 bits per heavy atom. The number of rotatable bonds is 4. The molecule has 0 bridgehead atoms. The van der Waals surface area contributed by atoms with E-state index < -0.39 is 23.6 Å². The summed E-state index contributed by atoms with van der Waals surface area (Å²) in [7, 11) is 0. The van der Waals surface area contributed by atoms with Crippen molar-refractivity contribution in [1.82, 2.24) is 5.32 Å². The van der Waals surface area contributed by atoms with Crippen LogP contribution in [0.1, 0.15) is 23.3 Å². The molecule has 28 heavy (non-hydrogen) atoms. The SMILES string of the molecule is O=C(NCC1(c2cccs2)CCOCC1)C(=O)Nc1ccc(C(F)(F)F)cc1. The van der Waals surface area contributed by atoms with Crippen molar-refractivity contribution in [3.63, 3.8) is 0 Å². The lowest BCUT2D eigenvalue weighted by molar-refractivity contribution is -0.137. The minimum atomic E-state index is -4.46. The van der Waals surface area contributed by atoms with Gasteiger partial charge in [0.2, 0.25) is 0 Å². The highest BCUT2D eigenvalue weighted by molar-refractivity contribution is 7.10. The van der Waals surface area contributed by atoms with Crippen molar-refractivity contribution in [2.24, 2.45) is 0 Å². The second-order valence-electron chi connectivity index (χ2n) is 6.58. The van der Waals surface area contributed by atoms with Gasteiger partial charge in [-0.05, 0) is 48.6 Å². The number of ether oxygens (including phenoxy) is 1. The lowest BCUT2D eigenvalue weighted by atomic mass is 9.78. The van der Waals surface area contributed by atoms with Crippen LogP contribution in [0, 0.1) is 0 Å². The van der Waals surface area contributed by atoms with Crippen LogP contribution in [-0.2, 0) is 25.9 Å². The Hall–Kier alpha value is -2.39. The van der Waals surface area contributed by atoms with Gasteiger partial charge in [-0.25, -0.2) is 0 Å². The van der Waals surface area contributed by atoms with Crippen LogP contribution in [0.4, 0.5) is 18.9 Å². The summed E-state index contributed by atoms with van der Waals surface area (Å²) in [6.07, 6.45) is -3.00. The predicted molar refractivity (Wildman–Crippen MR) is 99.1 cm³/mol. The summed E-state index contributed by atoms with van der Waals surface area (Å²) in [5.74, 6) is -1.75. The summed E-state index contributed by atoms with van der Waals surface area (Å²) < 4.78 is 43.2. The van der Waals surface area contributed by atoms with Gasteiger partial charge in [0.15, 0.2) is 0 Å². The molecule has 0 spiro atoms. The fourth-order valence-corrected chi connectivity index (χ4v) is 4.10. The molecule has 0 aliphatic carbocycles. The number of alkyl halides is 3. The fraction of sp³-hybridized carbons (Fsp3) is 0.368. The maximum absolute atomic E-state index is 12.6. The highest BCUT2D eigenvalue weighted by atomic mass is 32.1. The molecule has 1 aliphatic heterocycles. The van der Waals surface area contributed by atoms with Crippen LogP contribution in [-0.4, -0.2) is 31.6 Å². The van der Waals surface area contributed by atoms with Crippen LogP contribution in [0.2, 0.25) is 0 Å². The molecule has 5 nitrogen and oxygen atoms in total. The Balaban J connectivity index is 1.60. The average molecular weight is 412 g/mol. The Morgan fingerprint density at radius 1 is 1.07 bits per heavy atom. The smallest absolute Gasteiger partial charge is 0.381 e. The first-order valence-electron chi connectivity index (χ1n) is 8.68. The Morgan fingerprint density at radius 2 is 1.75 bits per heavy atom. The Labute approximate surface area is 163 Å². The maximum atomic E-state index is 12.6. The minimum Gasteiger partial charge on any atom is -0.381 e. The molecule has 1 aromatic heterocycles. The highest BCUT2D eigenvalue weighted by Crippen LogP contribution is 2.37. The van der Waals surface area contributed by atoms with Gasteiger partial charge in [0.1, 0.15) is 0 Å². The van der Waals surface area contributed by atoms with Crippen molar-refractivity contribution in [2.75, 3.05) is 25.1 Å². The van der Waals surface area contributed by atoms with Crippen LogP contribution < -0.4 is 10.6 Å². The fourth-order valence-electron chi connectivity index (χ4n) is 3.11. The summed E-state index contributed by atoms with van der Waals surface area (Å²) in [4.78, 5) is 25.4. The molecule has 1 aromatic carbocycles. The number of benzene rings is 1. The van der Waals surface area contributed by atoms with Crippen LogP contribution in [0.15, 0.2) is 41.8 Å². The van der Waals surface area contributed by atoms with Gasteiger partial charge in [0.05, 0.1) is 5.56 Å². The van der Waals surface area contributed by atoms with E-state index >= 15 is 0 Å². The van der Waals surface area contributed by atoms with Gasteiger partial charge >= 0.3 is 18.0 Å². The molecule has 150 valence electrons. The van der Waals surface area contributed by atoms with Gasteiger partial charge in [0.25, 0.3) is 0 Å². The van der Waals surface area contributed by atoms with E-state index in [0.29, 0.717) is 13.2 Å². The normalized spacial score (nSPS) is 16.4. The number of carbonyl (C=O) groups is 2. The third kappa shape index (κ3) is 4.71. The van der Waals surface area contributed by atoms with E-state index in [0.717, 1.165) is 42.0 Å². The number of halogens is 3. The topological polar surface area (TPSA) is 67.4 Å².